The molecule has 0 radical (unpaired) electrons. The van der Waals surface area contributed by atoms with Crippen molar-refractivity contribution in [2.24, 2.45) is 35.5 Å². The highest BCUT2D eigenvalue weighted by Gasteiger charge is 2.42. The Balaban J connectivity index is 1.47. The molecule has 3 heteroatoms. The number of hydrogen-bond donors (Lipinski definition) is 0. The normalized spacial score (nSPS) is 49.0. The Hall–Kier alpha value is -0.210. The lowest BCUT2D eigenvalue weighted by atomic mass is 9.64. The summed E-state index contributed by atoms with van der Waals surface area (Å²) < 4.78 is 40.8. The van der Waals surface area contributed by atoms with Crippen LogP contribution in [0.4, 0.5) is 13.2 Å². The minimum Gasteiger partial charge on any atom is -0.251 e. The lowest BCUT2D eigenvalue weighted by molar-refractivity contribution is 0.00152. The third kappa shape index (κ3) is 4.07. The first-order valence-electron chi connectivity index (χ1n) is 9.92. The summed E-state index contributed by atoms with van der Waals surface area (Å²) in [5.74, 6) is 2.28. The van der Waals surface area contributed by atoms with Gasteiger partial charge in [0, 0.05) is 5.92 Å². The van der Waals surface area contributed by atoms with Gasteiger partial charge >= 0.3 is 0 Å². The Bertz CT molecular complexity index is 344. The van der Waals surface area contributed by atoms with Crippen molar-refractivity contribution in [3.05, 3.63) is 0 Å². The van der Waals surface area contributed by atoms with E-state index in [4.69, 9.17) is 0 Å². The zero-order valence-electron chi connectivity index (χ0n) is 14.5. The summed E-state index contributed by atoms with van der Waals surface area (Å²) >= 11 is 0. The van der Waals surface area contributed by atoms with Crippen LogP contribution in [0, 0.1) is 35.5 Å². The summed E-state index contributed by atoms with van der Waals surface area (Å²) in [5.41, 5.74) is 0. The van der Waals surface area contributed by atoms with Gasteiger partial charge in [0.2, 0.25) is 0 Å². The molecule has 0 aliphatic heterocycles. The molecule has 0 heterocycles. The summed E-state index contributed by atoms with van der Waals surface area (Å²) in [6.07, 6.45) is 8.56. The zero-order chi connectivity index (χ0) is 16.4. The lowest BCUT2D eigenvalue weighted by Crippen LogP contribution is -2.40. The fraction of sp³-hybridized carbons (Fsp3) is 1.00. The topological polar surface area (TPSA) is 0 Å². The van der Waals surface area contributed by atoms with Crippen molar-refractivity contribution in [2.75, 3.05) is 6.67 Å². The van der Waals surface area contributed by atoms with Crippen molar-refractivity contribution >= 4 is 0 Å². The highest BCUT2D eigenvalue weighted by Crippen LogP contribution is 2.46. The molecule has 0 nitrogen and oxygen atoms in total. The van der Waals surface area contributed by atoms with Gasteiger partial charge < -0.3 is 0 Å². The number of halogens is 3. The predicted octanol–water partition coefficient (Wildman–Crippen LogP) is 6.29. The Morgan fingerprint density at radius 1 is 0.652 bits per heavy atom. The quantitative estimate of drug-likeness (QED) is 0.570. The van der Waals surface area contributed by atoms with Crippen LogP contribution in [0.2, 0.25) is 0 Å². The molecule has 0 aromatic rings. The van der Waals surface area contributed by atoms with Crippen LogP contribution < -0.4 is 0 Å². The van der Waals surface area contributed by atoms with Gasteiger partial charge in [-0.1, -0.05) is 19.8 Å². The smallest absolute Gasteiger partial charge is 0.108 e. The molecule has 0 spiro atoms. The van der Waals surface area contributed by atoms with E-state index >= 15 is 0 Å². The van der Waals surface area contributed by atoms with Crippen LogP contribution in [0.1, 0.15) is 71.1 Å². The number of rotatable bonds is 3. The van der Waals surface area contributed by atoms with Gasteiger partial charge in [0.25, 0.3) is 0 Å². The second-order valence-electron chi connectivity index (χ2n) is 8.78. The monoisotopic (exact) mass is 330 g/mol. The van der Waals surface area contributed by atoms with E-state index in [1.54, 1.807) is 0 Å². The van der Waals surface area contributed by atoms with E-state index in [0.29, 0.717) is 18.8 Å². The average Bonchev–Trinajstić information content (AvgIpc) is 2.55. The maximum atomic E-state index is 14.0. The molecule has 23 heavy (non-hydrogen) atoms. The lowest BCUT2D eigenvalue weighted by Gasteiger charge is -2.42. The van der Waals surface area contributed by atoms with Crippen LogP contribution in [0.3, 0.4) is 0 Å². The van der Waals surface area contributed by atoms with Crippen molar-refractivity contribution in [2.45, 2.75) is 83.5 Å². The Morgan fingerprint density at radius 3 is 1.48 bits per heavy atom. The van der Waals surface area contributed by atoms with E-state index in [0.717, 1.165) is 30.6 Å². The Kier molecular flexibility index (Phi) is 5.96. The van der Waals surface area contributed by atoms with Gasteiger partial charge in [0.05, 0.1) is 6.67 Å². The van der Waals surface area contributed by atoms with Crippen LogP contribution in [-0.2, 0) is 0 Å². The summed E-state index contributed by atoms with van der Waals surface area (Å²) in [5, 5.41) is 0. The summed E-state index contributed by atoms with van der Waals surface area (Å²) in [4.78, 5) is 0. The van der Waals surface area contributed by atoms with Gasteiger partial charge in [0.15, 0.2) is 0 Å². The molecular weight excluding hydrogens is 297 g/mol. The highest BCUT2D eigenvalue weighted by molar-refractivity contribution is 4.91. The van der Waals surface area contributed by atoms with Gasteiger partial charge in [-0.15, -0.1) is 0 Å². The summed E-state index contributed by atoms with van der Waals surface area (Å²) in [6.45, 7) is 1.52. The van der Waals surface area contributed by atoms with E-state index in [1.165, 1.54) is 38.5 Å². The van der Waals surface area contributed by atoms with Gasteiger partial charge in [-0.25, -0.2) is 8.78 Å². The Morgan fingerprint density at radius 2 is 1.04 bits per heavy atom. The standard InChI is InChI=1S/C20H33F3/c1-13-2-4-14(5-3-13)15-6-8-16(9-7-15)17-10-19(22)18(12-21)20(23)11-17/h13-20H,2-12H2,1H3. The van der Waals surface area contributed by atoms with E-state index in [9.17, 15) is 13.2 Å². The molecule has 0 aromatic heterocycles. The largest absolute Gasteiger partial charge is 0.251 e. The maximum Gasteiger partial charge on any atom is 0.108 e. The maximum absolute atomic E-state index is 14.0. The average molecular weight is 330 g/mol. The number of alkyl halides is 3. The highest BCUT2D eigenvalue weighted by atomic mass is 19.2. The van der Waals surface area contributed by atoms with Crippen LogP contribution in [-0.4, -0.2) is 19.0 Å². The van der Waals surface area contributed by atoms with E-state index < -0.39 is 24.9 Å². The van der Waals surface area contributed by atoms with E-state index in [-0.39, 0.29) is 5.92 Å². The van der Waals surface area contributed by atoms with Crippen molar-refractivity contribution in [3.8, 4) is 0 Å². The molecule has 2 atom stereocenters. The molecule has 3 aliphatic rings. The van der Waals surface area contributed by atoms with Crippen LogP contribution >= 0.6 is 0 Å². The first-order chi connectivity index (χ1) is 11.1. The fourth-order valence-corrected chi connectivity index (χ4v) is 5.67. The molecule has 3 fully saturated rings. The Labute approximate surface area is 139 Å². The molecule has 3 saturated carbocycles. The van der Waals surface area contributed by atoms with Crippen LogP contribution in [0.5, 0.6) is 0 Å². The molecule has 2 unspecified atom stereocenters. The van der Waals surface area contributed by atoms with Gasteiger partial charge in [-0.3, -0.25) is 4.39 Å². The third-order valence-electron chi connectivity index (χ3n) is 7.37. The molecule has 3 aliphatic carbocycles. The number of hydrogen-bond acceptors (Lipinski definition) is 0. The first kappa shape index (κ1) is 17.6. The van der Waals surface area contributed by atoms with Gasteiger partial charge in [-0.2, -0.15) is 0 Å². The van der Waals surface area contributed by atoms with Crippen LogP contribution in [0.15, 0.2) is 0 Å². The van der Waals surface area contributed by atoms with E-state index in [2.05, 4.69) is 6.92 Å². The zero-order valence-corrected chi connectivity index (χ0v) is 14.5. The first-order valence-corrected chi connectivity index (χ1v) is 9.92. The predicted molar refractivity (Wildman–Crippen MR) is 88.6 cm³/mol. The molecule has 3 rings (SSSR count). The molecule has 0 bridgehead atoms. The molecule has 0 N–H and O–H groups in total. The van der Waals surface area contributed by atoms with Crippen molar-refractivity contribution < 1.29 is 13.2 Å². The van der Waals surface area contributed by atoms with Gasteiger partial charge in [-0.05, 0) is 81.0 Å². The molecular formula is C20H33F3. The van der Waals surface area contributed by atoms with Crippen molar-refractivity contribution in [3.63, 3.8) is 0 Å². The van der Waals surface area contributed by atoms with Crippen molar-refractivity contribution in [1.29, 1.82) is 0 Å². The van der Waals surface area contributed by atoms with Gasteiger partial charge in [0.1, 0.15) is 12.3 Å². The second-order valence-corrected chi connectivity index (χ2v) is 8.78. The second kappa shape index (κ2) is 7.78. The molecule has 0 saturated heterocycles. The molecule has 134 valence electrons. The van der Waals surface area contributed by atoms with E-state index in [1.807, 2.05) is 0 Å². The summed E-state index contributed by atoms with van der Waals surface area (Å²) in [6, 6.07) is 0. The molecule has 0 amide bonds. The minimum absolute atomic E-state index is 0.148. The SMILES string of the molecule is CC1CCC(C2CCC(C3CC(F)C(CF)C(F)C3)CC2)CC1. The summed E-state index contributed by atoms with van der Waals surface area (Å²) in [7, 11) is 0. The van der Waals surface area contributed by atoms with Crippen molar-refractivity contribution in [1.82, 2.24) is 0 Å². The fourth-order valence-electron chi connectivity index (χ4n) is 5.67. The van der Waals surface area contributed by atoms with Crippen LogP contribution in [0.25, 0.3) is 0 Å². The minimum atomic E-state index is -1.27. The molecule has 0 aromatic carbocycles. The third-order valence-corrected chi connectivity index (χ3v) is 7.37.